The Morgan fingerprint density at radius 2 is 1.80 bits per heavy atom. The lowest BCUT2D eigenvalue weighted by molar-refractivity contribution is 0.0477. The number of nitrogens with zero attached hydrogens (tertiary/aromatic N) is 4. The van der Waals surface area contributed by atoms with Gasteiger partial charge in [-0.2, -0.15) is 4.98 Å². The molecule has 3 saturated heterocycles. The Morgan fingerprint density at radius 3 is 2.51 bits per heavy atom. The van der Waals surface area contributed by atoms with Gasteiger partial charge in [0, 0.05) is 63.7 Å². The number of amides is 3. The number of rotatable bonds is 5. The van der Waals surface area contributed by atoms with Crippen LogP contribution in [0.2, 0.25) is 0 Å². The van der Waals surface area contributed by atoms with Gasteiger partial charge in [-0.05, 0) is 63.8 Å². The molecule has 0 aliphatic carbocycles. The number of nitrogens with one attached hydrogen (secondary N) is 3. The Hall–Kier alpha value is -3.48. The molecular weight excluding hydrogens is 526 g/mol. The van der Waals surface area contributed by atoms with Crippen molar-refractivity contribution in [2.75, 3.05) is 44.7 Å². The summed E-state index contributed by atoms with van der Waals surface area (Å²) in [5, 5.41) is 9.25. The van der Waals surface area contributed by atoms with Gasteiger partial charge in [0.25, 0.3) is 0 Å². The fraction of sp³-hybridized carbons (Fsp3) is 0.586. The van der Waals surface area contributed by atoms with Crippen molar-refractivity contribution in [2.24, 2.45) is 0 Å². The van der Waals surface area contributed by atoms with E-state index in [1.807, 2.05) is 45.0 Å². The second-order valence-corrected chi connectivity index (χ2v) is 12.1. The third kappa shape index (κ3) is 8.05. The van der Waals surface area contributed by atoms with Crippen molar-refractivity contribution in [1.29, 1.82) is 0 Å². The monoisotopic (exact) mass is 567 g/mol. The van der Waals surface area contributed by atoms with Gasteiger partial charge in [0.1, 0.15) is 11.4 Å². The molecule has 0 radical (unpaired) electrons. The molecule has 4 heterocycles. The first-order chi connectivity index (χ1) is 19.6. The lowest BCUT2D eigenvalue weighted by atomic mass is 10.0. The van der Waals surface area contributed by atoms with Crippen LogP contribution in [-0.4, -0.2) is 94.6 Å². The van der Waals surface area contributed by atoms with E-state index in [0.717, 1.165) is 44.5 Å². The average molecular weight is 568 g/mol. The van der Waals surface area contributed by atoms with Crippen LogP contribution in [0.25, 0.3) is 5.69 Å². The van der Waals surface area contributed by atoms with Crippen LogP contribution in [0.1, 0.15) is 45.6 Å². The highest BCUT2D eigenvalue weighted by molar-refractivity contribution is 5.88. The largest absolute Gasteiger partial charge is 0.444 e. The van der Waals surface area contributed by atoms with E-state index < -0.39 is 11.3 Å². The zero-order valence-corrected chi connectivity index (χ0v) is 24.1. The van der Waals surface area contributed by atoms with E-state index in [9.17, 15) is 14.4 Å². The van der Waals surface area contributed by atoms with Crippen LogP contribution in [-0.2, 0) is 16.0 Å². The van der Waals surface area contributed by atoms with Gasteiger partial charge in [0.2, 0.25) is 0 Å². The Kier molecular flexibility index (Phi) is 8.91. The number of alkyl carbamates (subject to hydrolysis) is 1. The molecule has 12 heteroatoms. The molecule has 0 saturated carbocycles. The lowest BCUT2D eigenvalue weighted by Gasteiger charge is -2.36. The van der Waals surface area contributed by atoms with Crippen molar-refractivity contribution in [2.45, 2.75) is 70.3 Å². The van der Waals surface area contributed by atoms with Gasteiger partial charge >= 0.3 is 17.8 Å². The van der Waals surface area contributed by atoms with Gasteiger partial charge in [-0.15, -0.1) is 0 Å². The molecule has 3 fully saturated rings. The SMILES string of the molecule is CC(C)(C)OC(=O)NC1CCN(Cc2ccc(-n3ccc(NC(=O)N4CC5CCOCC(C4)N5)nc3=O)cc2)CC1. The van der Waals surface area contributed by atoms with Crippen LogP contribution in [0, 0.1) is 0 Å². The molecule has 5 rings (SSSR count). The highest BCUT2D eigenvalue weighted by atomic mass is 16.6. The summed E-state index contributed by atoms with van der Waals surface area (Å²) in [4.78, 5) is 45.9. The predicted octanol–water partition coefficient (Wildman–Crippen LogP) is 2.32. The zero-order chi connectivity index (χ0) is 29.0. The van der Waals surface area contributed by atoms with E-state index in [4.69, 9.17) is 9.47 Å². The normalized spacial score (nSPS) is 22.1. The lowest BCUT2D eigenvalue weighted by Crippen LogP contribution is -2.59. The summed E-state index contributed by atoms with van der Waals surface area (Å²) in [6, 6.07) is 9.63. The number of carbonyl (C=O) groups excluding carboxylic acids is 2. The van der Waals surface area contributed by atoms with Gasteiger partial charge in [0.15, 0.2) is 0 Å². The van der Waals surface area contributed by atoms with Crippen molar-refractivity contribution in [3.05, 3.63) is 52.6 Å². The smallest absolute Gasteiger partial charge is 0.407 e. The molecule has 0 spiro atoms. The summed E-state index contributed by atoms with van der Waals surface area (Å²) in [6.45, 7) is 10.5. The van der Waals surface area contributed by atoms with Gasteiger partial charge in [0.05, 0.1) is 12.3 Å². The Morgan fingerprint density at radius 1 is 1.07 bits per heavy atom. The highest BCUT2D eigenvalue weighted by Crippen LogP contribution is 2.17. The first-order valence-electron chi connectivity index (χ1n) is 14.4. The number of anilines is 1. The topological polar surface area (TPSA) is 130 Å². The summed E-state index contributed by atoms with van der Waals surface area (Å²) in [5.41, 5.74) is 0.878. The average Bonchev–Trinajstić information content (AvgIpc) is 3.08. The second kappa shape index (κ2) is 12.6. The van der Waals surface area contributed by atoms with Crippen LogP contribution in [0.4, 0.5) is 15.4 Å². The number of hydrogen-bond donors (Lipinski definition) is 3. The molecule has 3 aliphatic rings. The first kappa shape index (κ1) is 29.0. The summed E-state index contributed by atoms with van der Waals surface area (Å²) < 4.78 is 12.4. The molecular formula is C29H41N7O5. The maximum Gasteiger partial charge on any atom is 0.407 e. The number of hydrogen-bond acceptors (Lipinski definition) is 8. The van der Waals surface area contributed by atoms with Crippen molar-refractivity contribution < 1.29 is 19.1 Å². The second-order valence-electron chi connectivity index (χ2n) is 12.1. The maximum atomic E-state index is 12.9. The van der Waals surface area contributed by atoms with E-state index in [0.29, 0.717) is 32.0 Å². The Labute approximate surface area is 240 Å². The number of urea groups is 1. The quantitative estimate of drug-likeness (QED) is 0.502. The van der Waals surface area contributed by atoms with Crippen molar-refractivity contribution in [3.63, 3.8) is 0 Å². The molecule has 222 valence electrons. The summed E-state index contributed by atoms with van der Waals surface area (Å²) in [5.74, 6) is 0.232. The van der Waals surface area contributed by atoms with E-state index in [2.05, 4.69) is 25.8 Å². The number of ether oxygens (including phenoxy) is 2. The molecule has 12 nitrogen and oxygen atoms in total. The number of piperidine rings is 1. The molecule has 2 bridgehead atoms. The standard InChI is InChI=1S/C29H41N7O5/c1-29(2,3)41-28(39)31-21-8-12-34(13-9-21)16-20-4-6-24(7-5-20)36-14-10-25(33-27(36)38)32-26(37)35-17-22-11-15-40-19-23(18-35)30-22/h4-7,10,14,21-23,30H,8-9,11-13,15-19H2,1-3H3,(H,31,39)(H,32,33,37,38). The Balaban J connectivity index is 1.11. The molecule has 2 atom stereocenters. The van der Waals surface area contributed by atoms with Gasteiger partial charge in [-0.25, -0.2) is 14.4 Å². The number of aromatic nitrogens is 2. The fourth-order valence-corrected chi connectivity index (χ4v) is 5.53. The number of piperazine rings is 1. The third-order valence-electron chi connectivity index (χ3n) is 7.54. The minimum Gasteiger partial charge on any atom is -0.444 e. The number of carbonyl (C=O) groups is 2. The van der Waals surface area contributed by atoms with E-state index in [1.54, 1.807) is 17.2 Å². The fourth-order valence-electron chi connectivity index (χ4n) is 5.53. The van der Waals surface area contributed by atoms with Crippen molar-refractivity contribution in [1.82, 2.24) is 30.0 Å². The molecule has 41 heavy (non-hydrogen) atoms. The Bertz CT molecular complexity index is 1250. The summed E-state index contributed by atoms with van der Waals surface area (Å²) in [7, 11) is 0. The molecule has 3 aliphatic heterocycles. The molecule has 2 unspecified atom stereocenters. The van der Waals surface area contributed by atoms with E-state index in [1.165, 1.54) is 4.57 Å². The minimum atomic E-state index is -0.504. The predicted molar refractivity (Wildman–Crippen MR) is 154 cm³/mol. The molecule has 3 N–H and O–H groups in total. The van der Waals surface area contributed by atoms with Crippen LogP contribution in [0.15, 0.2) is 41.3 Å². The van der Waals surface area contributed by atoms with E-state index >= 15 is 0 Å². The van der Waals surface area contributed by atoms with Crippen molar-refractivity contribution >= 4 is 17.9 Å². The van der Waals surface area contributed by atoms with Crippen LogP contribution >= 0.6 is 0 Å². The summed E-state index contributed by atoms with van der Waals surface area (Å²) >= 11 is 0. The van der Waals surface area contributed by atoms with Crippen LogP contribution in [0.3, 0.4) is 0 Å². The highest BCUT2D eigenvalue weighted by Gasteiger charge is 2.31. The number of benzene rings is 1. The first-order valence-corrected chi connectivity index (χ1v) is 14.4. The molecule has 3 amide bonds. The zero-order valence-electron chi connectivity index (χ0n) is 24.1. The number of fused-ring (bicyclic) bond motifs is 2. The van der Waals surface area contributed by atoms with Gasteiger partial charge in [-0.1, -0.05) is 12.1 Å². The van der Waals surface area contributed by atoms with Crippen LogP contribution < -0.4 is 21.6 Å². The van der Waals surface area contributed by atoms with Gasteiger partial charge < -0.3 is 25.0 Å². The van der Waals surface area contributed by atoms with Crippen molar-refractivity contribution in [3.8, 4) is 5.69 Å². The number of likely N-dealkylation sites (tertiary alicyclic amines) is 1. The molecule has 1 aromatic heterocycles. The molecule has 1 aromatic carbocycles. The van der Waals surface area contributed by atoms with Gasteiger partial charge in [-0.3, -0.25) is 14.8 Å². The van der Waals surface area contributed by atoms with E-state index in [-0.39, 0.29) is 36.1 Å². The van der Waals surface area contributed by atoms with Crippen LogP contribution in [0.5, 0.6) is 0 Å². The maximum absolute atomic E-state index is 12.9. The summed E-state index contributed by atoms with van der Waals surface area (Å²) in [6.07, 6.45) is 3.86. The minimum absolute atomic E-state index is 0.110. The molecule has 2 aromatic rings. The third-order valence-corrected chi connectivity index (χ3v) is 7.54.